The zero-order valence-corrected chi connectivity index (χ0v) is 11.0. The molecule has 0 aliphatic heterocycles. The van der Waals surface area contributed by atoms with Crippen molar-refractivity contribution in [3.8, 4) is 0 Å². The summed E-state index contributed by atoms with van der Waals surface area (Å²) < 4.78 is 14.9. The molecule has 1 N–H and O–H groups in total. The Hall–Kier alpha value is -0.520. The van der Waals surface area contributed by atoms with Crippen molar-refractivity contribution in [1.82, 2.24) is 5.32 Å². The fraction of sp³-hybridized carbons (Fsp3) is 0.900. The highest BCUT2D eigenvalue weighted by Crippen LogP contribution is 2.06. The second-order valence-corrected chi connectivity index (χ2v) is 4.58. The Bertz CT molecular complexity index is 205. The predicted molar refractivity (Wildman–Crippen MR) is 61.7 cm³/mol. The van der Waals surface area contributed by atoms with Crippen LogP contribution in [0.4, 0.5) is 4.79 Å². The first kappa shape index (κ1) is 15.5. The molecule has 0 rings (SSSR count). The summed E-state index contributed by atoms with van der Waals surface area (Å²) in [6.07, 6.45) is -0.501. The highest BCUT2D eigenvalue weighted by atomic mass is 35.5. The molecule has 0 unspecified atom stereocenters. The van der Waals surface area contributed by atoms with Gasteiger partial charge in [-0.25, -0.2) is 4.79 Å². The Morgan fingerprint density at radius 3 is 2.50 bits per heavy atom. The van der Waals surface area contributed by atoms with E-state index in [2.05, 4.69) is 5.32 Å². The van der Waals surface area contributed by atoms with Crippen LogP contribution in [0.1, 0.15) is 20.8 Å². The lowest BCUT2D eigenvalue weighted by Crippen LogP contribution is -2.42. The molecular weight excluding hydrogens is 234 g/mol. The Balaban J connectivity index is 3.88. The molecule has 0 fully saturated rings. The lowest BCUT2D eigenvalue weighted by molar-refractivity contribution is -0.0370. The minimum atomic E-state index is -0.520. The molecule has 1 amide bonds. The van der Waals surface area contributed by atoms with Gasteiger partial charge in [-0.1, -0.05) is 0 Å². The van der Waals surface area contributed by atoms with E-state index >= 15 is 0 Å². The number of carbonyl (C=O) groups is 1. The van der Waals surface area contributed by atoms with Crippen LogP contribution < -0.4 is 5.32 Å². The first-order valence-electron chi connectivity index (χ1n) is 5.01. The number of alkyl halides is 1. The minimum absolute atomic E-state index is 0.170. The van der Waals surface area contributed by atoms with Gasteiger partial charge in [-0.2, -0.15) is 0 Å². The molecule has 96 valence electrons. The molecule has 0 radical (unpaired) electrons. The Labute approximate surface area is 101 Å². The van der Waals surface area contributed by atoms with Gasteiger partial charge in [0.1, 0.15) is 12.4 Å². The topological polar surface area (TPSA) is 56.8 Å². The summed E-state index contributed by atoms with van der Waals surface area (Å²) in [4.78, 5) is 11.4. The number of methoxy groups -OCH3 is 1. The van der Waals surface area contributed by atoms with Crippen LogP contribution in [0.2, 0.25) is 0 Å². The van der Waals surface area contributed by atoms with Crippen LogP contribution in [-0.4, -0.2) is 44.1 Å². The van der Waals surface area contributed by atoms with Crippen molar-refractivity contribution >= 4 is 17.7 Å². The molecule has 0 saturated heterocycles. The summed E-state index contributed by atoms with van der Waals surface area (Å²) in [7, 11) is 1.52. The zero-order chi connectivity index (χ0) is 12.6. The maximum atomic E-state index is 11.4. The van der Waals surface area contributed by atoms with Crippen LogP contribution in [-0.2, 0) is 14.2 Å². The van der Waals surface area contributed by atoms with Gasteiger partial charge in [-0.15, -0.1) is 11.6 Å². The van der Waals surface area contributed by atoms with Crippen LogP contribution in [0.15, 0.2) is 0 Å². The molecule has 0 saturated carbocycles. The van der Waals surface area contributed by atoms with E-state index in [1.807, 2.05) is 0 Å². The number of amides is 1. The zero-order valence-electron chi connectivity index (χ0n) is 10.2. The van der Waals surface area contributed by atoms with Crippen molar-refractivity contribution in [3.63, 3.8) is 0 Å². The van der Waals surface area contributed by atoms with E-state index in [0.29, 0.717) is 0 Å². The summed E-state index contributed by atoms with van der Waals surface area (Å²) >= 11 is 5.67. The molecule has 5 nitrogen and oxygen atoms in total. The highest BCUT2D eigenvalue weighted by molar-refractivity contribution is 6.18. The quantitative estimate of drug-likeness (QED) is 0.445. The third-order valence-electron chi connectivity index (χ3n) is 1.43. The fourth-order valence-electron chi connectivity index (χ4n) is 0.873. The standard InChI is InChI=1S/C10H20ClNO4/c1-10(2,3)16-9(13)12-8(5-11)6-15-7-14-4/h8H,5-7H2,1-4H3,(H,12,13)/t8-/m0/s1. The van der Waals surface area contributed by atoms with Crippen LogP contribution >= 0.6 is 11.6 Å². The highest BCUT2D eigenvalue weighted by Gasteiger charge is 2.19. The number of alkyl carbamates (subject to hydrolysis) is 1. The van der Waals surface area contributed by atoms with Gasteiger partial charge in [0.15, 0.2) is 0 Å². The lowest BCUT2D eigenvalue weighted by Gasteiger charge is -2.22. The molecule has 1 atom stereocenters. The first-order valence-corrected chi connectivity index (χ1v) is 5.54. The van der Waals surface area contributed by atoms with Gasteiger partial charge in [-0.3, -0.25) is 0 Å². The van der Waals surface area contributed by atoms with Crippen molar-refractivity contribution in [2.45, 2.75) is 32.4 Å². The van der Waals surface area contributed by atoms with E-state index in [4.69, 9.17) is 25.8 Å². The SMILES string of the molecule is COCOC[C@H](CCl)NC(=O)OC(C)(C)C. The number of ether oxygens (including phenoxy) is 3. The van der Waals surface area contributed by atoms with Crippen LogP contribution in [0.25, 0.3) is 0 Å². The van der Waals surface area contributed by atoms with Gasteiger partial charge in [0.05, 0.1) is 12.6 Å². The van der Waals surface area contributed by atoms with Gasteiger partial charge >= 0.3 is 6.09 Å². The third kappa shape index (κ3) is 8.76. The molecule has 0 aliphatic carbocycles. The average Bonchev–Trinajstić information content (AvgIpc) is 2.13. The van der Waals surface area contributed by atoms with Crippen molar-refractivity contribution < 1.29 is 19.0 Å². The Morgan fingerprint density at radius 2 is 2.06 bits per heavy atom. The molecule has 16 heavy (non-hydrogen) atoms. The summed E-state index contributed by atoms with van der Waals surface area (Å²) in [5.74, 6) is 0.253. The maximum Gasteiger partial charge on any atom is 0.407 e. The summed E-state index contributed by atoms with van der Waals surface area (Å²) in [5, 5.41) is 2.61. The number of carbonyl (C=O) groups excluding carboxylic acids is 1. The van der Waals surface area contributed by atoms with E-state index in [9.17, 15) is 4.79 Å². The number of rotatable bonds is 6. The molecular formula is C10H20ClNO4. The van der Waals surface area contributed by atoms with Gasteiger partial charge in [0.2, 0.25) is 0 Å². The second-order valence-electron chi connectivity index (χ2n) is 4.27. The van der Waals surface area contributed by atoms with Gasteiger partial charge in [0.25, 0.3) is 0 Å². The van der Waals surface area contributed by atoms with E-state index in [-0.39, 0.29) is 25.3 Å². The van der Waals surface area contributed by atoms with Crippen molar-refractivity contribution in [3.05, 3.63) is 0 Å². The largest absolute Gasteiger partial charge is 0.444 e. The number of hydrogen-bond acceptors (Lipinski definition) is 4. The number of nitrogens with one attached hydrogen (secondary N) is 1. The van der Waals surface area contributed by atoms with Crippen molar-refractivity contribution in [1.29, 1.82) is 0 Å². The molecule has 0 bridgehead atoms. The van der Waals surface area contributed by atoms with Crippen LogP contribution in [0, 0.1) is 0 Å². The van der Waals surface area contributed by atoms with E-state index in [1.54, 1.807) is 20.8 Å². The summed E-state index contributed by atoms with van der Waals surface area (Å²) in [6, 6.07) is -0.285. The number of halogens is 1. The molecule has 0 spiro atoms. The fourth-order valence-corrected chi connectivity index (χ4v) is 1.04. The molecule has 6 heteroatoms. The smallest absolute Gasteiger partial charge is 0.407 e. The van der Waals surface area contributed by atoms with Crippen molar-refractivity contribution in [2.75, 3.05) is 26.4 Å². The maximum absolute atomic E-state index is 11.4. The summed E-state index contributed by atoms with van der Waals surface area (Å²) in [6.45, 7) is 5.84. The summed E-state index contributed by atoms with van der Waals surface area (Å²) in [5.41, 5.74) is -0.520. The van der Waals surface area contributed by atoms with E-state index in [1.165, 1.54) is 7.11 Å². The third-order valence-corrected chi connectivity index (χ3v) is 1.80. The van der Waals surface area contributed by atoms with E-state index in [0.717, 1.165) is 0 Å². The molecule has 0 aromatic rings. The first-order chi connectivity index (χ1) is 7.39. The minimum Gasteiger partial charge on any atom is -0.444 e. The molecule has 0 aliphatic rings. The Kier molecular flexibility index (Phi) is 7.45. The van der Waals surface area contributed by atoms with Crippen LogP contribution in [0.5, 0.6) is 0 Å². The van der Waals surface area contributed by atoms with Gasteiger partial charge < -0.3 is 19.5 Å². The van der Waals surface area contributed by atoms with Crippen LogP contribution in [0.3, 0.4) is 0 Å². The number of hydrogen-bond donors (Lipinski definition) is 1. The van der Waals surface area contributed by atoms with E-state index < -0.39 is 11.7 Å². The molecule has 0 heterocycles. The van der Waals surface area contributed by atoms with Gasteiger partial charge in [-0.05, 0) is 20.8 Å². The van der Waals surface area contributed by atoms with Crippen molar-refractivity contribution in [2.24, 2.45) is 0 Å². The normalized spacial score (nSPS) is 13.3. The molecule has 0 aromatic heterocycles. The second kappa shape index (κ2) is 7.70. The predicted octanol–water partition coefficient (Wildman–Crippen LogP) is 1.74. The lowest BCUT2D eigenvalue weighted by atomic mass is 10.2. The average molecular weight is 254 g/mol. The van der Waals surface area contributed by atoms with Gasteiger partial charge in [0, 0.05) is 13.0 Å². The molecule has 0 aromatic carbocycles. The monoisotopic (exact) mass is 253 g/mol. The Morgan fingerprint density at radius 1 is 1.44 bits per heavy atom.